The number of pyridine rings is 1. The van der Waals surface area contributed by atoms with Gasteiger partial charge in [-0.3, -0.25) is 9.59 Å². The minimum atomic E-state index is -0.428. The van der Waals surface area contributed by atoms with E-state index in [0.29, 0.717) is 35.9 Å². The van der Waals surface area contributed by atoms with E-state index in [2.05, 4.69) is 10.3 Å². The molecule has 1 fully saturated rings. The van der Waals surface area contributed by atoms with Crippen LogP contribution >= 0.6 is 11.3 Å². The number of hydrogen-bond donors (Lipinski definition) is 1. The van der Waals surface area contributed by atoms with E-state index >= 15 is 0 Å². The van der Waals surface area contributed by atoms with Gasteiger partial charge >= 0.3 is 0 Å². The number of rotatable bonds is 4. The number of aromatic nitrogens is 1. The third-order valence-corrected chi connectivity index (χ3v) is 6.57. The van der Waals surface area contributed by atoms with Gasteiger partial charge in [0.15, 0.2) is 5.76 Å². The molecule has 4 heterocycles. The summed E-state index contributed by atoms with van der Waals surface area (Å²) in [6.45, 7) is 5.01. The maximum Gasteiger partial charge on any atom is 0.289 e. The van der Waals surface area contributed by atoms with Crippen LogP contribution in [0.1, 0.15) is 45.7 Å². The molecular weight excluding hydrogens is 426 g/mol. The zero-order chi connectivity index (χ0) is 22.2. The molecule has 0 aliphatic carbocycles. The van der Waals surface area contributed by atoms with Crippen LogP contribution in [0.4, 0.5) is 0 Å². The van der Waals surface area contributed by atoms with Crippen molar-refractivity contribution in [2.24, 2.45) is 0 Å². The van der Waals surface area contributed by atoms with Gasteiger partial charge in [-0.25, -0.2) is 4.98 Å². The summed E-state index contributed by atoms with van der Waals surface area (Å²) in [5.41, 5.74) is 1.47. The predicted octanol–water partition coefficient (Wildman–Crippen LogP) is 4.39. The van der Waals surface area contributed by atoms with Gasteiger partial charge in [-0.05, 0) is 32.0 Å². The van der Waals surface area contributed by atoms with Crippen LogP contribution < -0.4 is 5.32 Å². The van der Waals surface area contributed by atoms with Gasteiger partial charge in [-0.2, -0.15) is 0 Å². The lowest BCUT2D eigenvalue weighted by Crippen LogP contribution is -2.42. The highest BCUT2D eigenvalue weighted by Gasteiger charge is 2.33. The third-order valence-electron chi connectivity index (χ3n) is 5.44. The van der Waals surface area contributed by atoms with E-state index in [1.165, 1.54) is 11.3 Å². The maximum atomic E-state index is 13.2. The second-order valence-corrected chi connectivity index (χ2v) is 9.09. The largest absolute Gasteiger partial charge is 0.451 e. The molecule has 0 radical (unpaired) electrons. The highest BCUT2D eigenvalue weighted by molar-refractivity contribution is 7.20. The van der Waals surface area contributed by atoms with Crippen LogP contribution in [0.2, 0.25) is 0 Å². The highest BCUT2D eigenvalue weighted by Crippen LogP contribution is 2.37. The first-order chi connectivity index (χ1) is 15.5. The van der Waals surface area contributed by atoms with Crippen molar-refractivity contribution >= 4 is 44.3 Å². The van der Waals surface area contributed by atoms with Gasteiger partial charge in [0.25, 0.3) is 11.8 Å². The number of benzene rings is 1. The first-order valence-corrected chi connectivity index (χ1v) is 11.4. The third kappa shape index (κ3) is 3.76. The average Bonchev–Trinajstić information content (AvgIpc) is 3.40. The van der Waals surface area contributed by atoms with Crippen LogP contribution in [0.3, 0.4) is 0 Å². The van der Waals surface area contributed by atoms with Crippen molar-refractivity contribution in [1.82, 2.24) is 15.2 Å². The van der Waals surface area contributed by atoms with E-state index in [1.807, 2.05) is 50.2 Å². The van der Waals surface area contributed by atoms with Crippen molar-refractivity contribution in [2.75, 3.05) is 19.7 Å². The van der Waals surface area contributed by atoms with Gasteiger partial charge in [0, 0.05) is 35.1 Å². The molecule has 0 saturated carbocycles. The quantitative estimate of drug-likeness (QED) is 0.499. The number of carbonyl (C=O) groups is 2. The Morgan fingerprint density at radius 1 is 1.22 bits per heavy atom. The van der Waals surface area contributed by atoms with Crippen LogP contribution in [0.25, 0.3) is 21.2 Å². The van der Waals surface area contributed by atoms with E-state index in [-0.39, 0.29) is 17.9 Å². The summed E-state index contributed by atoms with van der Waals surface area (Å²) < 4.78 is 11.9. The number of morpholine rings is 1. The van der Waals surface area contributed by atoms with E-state index in [4.69, 9.17) is 9.15 Å². The molecule has 32 heavy (non-hydrogen) atoms. The lowest BCUT2D eigenvalue weighted by Gasteiger charge is -2.33. The van der Waals surface area contributed by atoms with Crippen LogP contribution in [0.15, 0.2) is 53.1 Å². The van der Waals surface area contributed by atoms with Crippen LogP contribution in [-0.2, 0) is 4.74 Å². The monoisotopic (exact) mass is 449 g/mol. The van der Waals surface area contributed by atoms with Gasteiger partial charge in [0.1, 0.15) is 21.4 Å². The molecule has 1 unspecified atom stereocenters. The average molecular weight is 450 g/mol. The van der Waals surface area contributed by atoms with Crippen molar-refractivity contribution in [3.63, 3.8) is 0 Å². The molecule has 1 aliphatic heterocycles. The SMILES string of the molecule is CC(C)NC(=O)c1sc2ncccc2c1C1CN(C(=O)c2cc3ccccc3o2)CCO1. The predicted molar refractivity (Wildman–Crippen MR) is 123 cm³/mol. The number of amides is 2. The number of fused-ring (bicyclic) bond motifs is 2. The van der Waals surface area contributed by atoms with Gasteiger partial charge in [0.2, 0.25) is 0 Å². The molecule has 0 bridgehead atoms. The Morgan fingerprint density at radius 3 is 2.88 bits per heavy atom. The fourth-order valence-corrected chi connectivity index (χ4v) is 5.12. The molecule has 3 aromatic heterocycles. The Kier molecular flexibility index (Phi) is 5.40. The molecule has 7 nitrogen and oxygen atoms in total. The molecule has 5 rings (SSSR count). The summed E-state index contributed by atoms with van der Waals surface area (Å²) in [4.78, 5) is 33.7. The fraction of sp³-hybridized carbons (Fsp3) is 0.292. The molecule has 164 valence electrons. The minimum absolute atomic E-state index is 0.00644. The molecule has 1 atom stereocenters. The summed E-state index contributed by atoms with van der Waals surface area (Å²) in [5, 5.41) is 4.74. The number of nitrogens with zero attached hydrogens (tertiary/aromatic N) is 2. The fourth-order valence-electron chi connectivity index (χ4n) is 4.02. The number of thiophene rings is 1. The molecule has 2 amide bonds. The van der Waals surface area contributed by atoms with Gasteiger partial charge in [-0.1, -0.05) is 24.3 Å². The normalized spacial score (nSPS) is 16.7. The second-order valence-electron chi connectivity index (χ2n) is 8.09. The number of para-hydroxylation sites is 1. The van der Waals surface area contributed by atoms with E-state index in [0.717, 1.165) is 21.2 Å². The standard InChI is InChI=1S/C24H23N3O4S/c1-14(2)26-22(28)21-20(16-7-5-9-25-23(16)32-21)19-13-27(10-11-30-19)24(29)18-12-15-6-3-4-8-17(15)31-18/h3-9,12,14,19H,10-11,13H2,1-2H3,(H,26,28). The molecule has 1 N–H and O–H groups in total. The Morgan fingerprint density at radius 2 is 2.06 bits per heavy atom. The Labute approximate surface area is 189 Å². The molecule has 1 saturated heterocycles. The van der Waals surface area contributed by atoms with E-state index in [1.54, 1.807) is 17.2 Å². The molecule has 0 spiro atoms. The summed E-state index contributed by atoms with van der Waals surface area (Å²) in [7, 11) is 0. The Balaban J connectivity index is 1.47. The van der Waals surface area contributed by atoms with Crippen molar-refractivity contribution in [1.29, 1.82) is 0 Å². The number of hydrogen-bond acceptors (Lipinski definition) is 6. The molecule has 8 heteroatoms. The first kappa shape index (κ1) is 20.7. The topological polar surface area (TPSA) is 84.7 Å². The van der Waals surface area contributed by atoms with Crippen LogP contribution in [0.5, 0.6) is 0 Å². The van der Waals surface area contributed by atoms with Crippen molar-refractivity contribution in [2.45, 2.75) is 26.0 Å². The molecule has 1 aromatic carbocycles. The smallest absolute Gasteiger partial charge is 0.289 e. The lowest BCUT2D eigenvalue weighted by atomic mass is 10.0. The maximum absolute atomic E-state index is 13.2. The Hall–Kier alpha value is -3.23. The number of ether oxygens (including phenoxy) is 1. The summed E-state index contributed by atoms with van der Waals surface area (Å²) in [6, 6.07) is 13.1. The summed E-state index contributed by atoms with van der Waals surface area (Å²) >= 11 is 1.35. The summed E-state index contributed by atoms with van der Waals surface area (Å²) in [6.07, 6.45) is 1.29. The van der Waals surface area contributed by atoms with Crippen LogP contribution in [-0.4, -0.2) is 47.4 Å². The van der Waals surface area contributed by atoms with E-state index in [9.17, 15) is 9.59 Å². The number of carbonyl (C=O) groups excluding carboxylic acids is 2. The second kappa shape index (κ2) is 8.37. The molecule has 4 aromatic rings. The van der Waals surface area contributed by atoms with Gasteiger partial charge < -0.3 is 19.4 Å². The van der Waals surface area contributed by atoms with Gasteiger partial charge in [0.05, 0.1) is 13.2 Å². The molecular formula is C24H23N3O4S. The number of nitrogens with one attached hydrogen (secondary N) is 1. The van der Waals surface area contributed by atoms with Crippen molar-refractivity contribution in [3.05, 3.63) is 64.9 Å². The first-order valence-electron chi connectivity index (χ1n) is 10.6. The van der Waals surface area contributed by atoms with Gasteiger partial charge in [-0.15, -0.1) is 11.3 Å². The van der Waals surface area contributed by atoms with Crippen molar-refractivity contribution in [3.8, 4) is 0 Å². The van der Waals surface area contributed by atoms with E-state index < -0.39 is 6.10 Å². The van der Waals surface area contributed by atoms with Crippen LogP contribution in [0, 0.1) is 0 Å². The zero-order valence-electron chi connectivity index (χ0n) is 17.8. The zero-order valence-corrected chi connectivity index (χ0v) is 18.6. The number of furan rings is 1. The minimum Gasteiger partial charge on any atom is -0.451 e. The highest BCUT2D eigenvalue weighted by atomic mass is 32.1. The summed E-state index contributed by atoms with van der Waals surface area (Å²) in [5.74, 6) is -0.0239. The van der Waals surface area contributed by atoms with Crippen molar-refractivity contribution < 1.29 is 18.7 Å². The molecule has 1 aliphatic rings. The lowest BCUT2D eigenvalue weighted by molar-refractivity contribution is -0.0231. The Bertz CT molecular complexity index is 1280.